The highest BCUT2D eigenvalue weighted by Crippen LogP contribution is 2.47. The fourth-order valence-electron chi connectivity index (χ4n) is 4.19. The molecule has 4 atom stereocenters. The maximum atomic E-state index is 12.4. The van der Waals surface area contributed by atoms with Crippen LogP contribution >= 0.6 is 0 Å². The number of hydrogen-bond acceptors (Lipinski definition) is 3. The molecule has 0 heterocycles. The average Bonchev–Trinajstić information content (AvgIpc) is 3.09. The number of rotatable bonds is 6. The predicted molar refractivity (Wildman–Crippen MR) is 88.1 cm³/mol. The number of hydrogen-bond donors (Lipinski definition) is 2. The molecule has 0 aliphatic heterocycles. The molecular weight excluding hydrogens is 274 g/mol. The second kappa shape index (κ2) is 6.80. The van der Waals surface area contributed by atoms with Crippen molar-refractivity contribution in [3.05, 3.63) is 35.9 Å². The minimum absolute atomic E-state index is 0.0539. The zero-order valence-electron chi connectivity index (χ0n) is 13.4. The molecule has 2 saturated carbocycles. The van der Waals surface area contributed by atoms with Gasteiger partial charge >= 0.3 is 0 Å². The standard InChI is InChI=1S/C18H27N3O/c1-21(12-13-5-3-2-4-6-13)10-9-20-18(22)16-14-7-8-15(11-14)17(16)19/h2-6,14-17H,7-12,19H2,1H3,(H,20,22). The molecule has 0 aromatic heterocycles. The highest BCUT2D eigenvalue weighted by molar-refractivity contribution is 5.80. The van der Waals surface area contributed by atoms with Crippen molar-refractivity contribution in [3.63, 3.8) is 0 Å². The van der Waals surface area contributed by atoms with Crippen LogP contribution in [-0.4, -0.2) is 37.0 Å². The van der Waals surface area contributed by atoms with E-state index in [9.17, 15) is 4.79 Å². The Bertz CT molecular complexity index is 502. The SMILES string of the molecule is CN(CCNC(=O)C1C2CCC(C2)C1N)Cc1ccccc1. The van der Waals surface area contributed by atoms with Crippen LogP contribution < -0.4 is 11.1 Å². The topological polar surface area (TPSA) is 58.4 Å². The highest BCUT2D eigenvalue weighted by Gasteiger charge is 2.48. The first-order valence-electron chi connectivity index (χ1n) is 8.41. The first-order chi connectivity index (χ1) is 10.6. The fourth-order valence-corrected chi connectivity index (χ4v) is 4.19. The Morgan fingerprint density at radius 2 is 2.00 bits per heavy atom. The molecule has 22 heavy (non-hydrogen) atoms. The monoisotopic (exact) mass is 301 g/mol. The van der Waals surface area contributed by atoms with Crippen molar-refractivity contribution in [1.82, 2.24) is 10.2 Å². The molecule has 1 aromatic carbocycles. The van der Waals surface area contributed by atoms with Crippen LogP contribution in [0.5, 0.6) is 0 Å². The lowest BCUT2D eigenvalue weighted by atomic mass is 9.84. The number of benzene rings is 1. The van der Waals surface area contributed by atoms with Gasteiger partial charge in [0.25, 0.3) is 0 Å². The van der Waals surface area contributed by atoms with Gasteiger partial charge < -0.3 is 16.0 Å². The van der Waals surface area contributed by atoms with E-state index in [2.05, 4.69) is 41.5 Å². The van der Waals surface area contributed by atoms with Gasteiger partial charge in [0.15, 0.2) is 0 Å². The lowest BCUT2D eigenvalue weighted by Crippen LogP contribution is -2.46. The van der Waals surface area contributed by atoms with E-state index in [0.717, 1.165) is 19.5 Å². The van der Waals surface area contributed by atoms with E-state index < -0.39 is 0 Å². The summed E-state index contributed by atoms with van der Waals surface area (Å²) in [7, 11) is 2.09. The Morgan fingerprint density at radius 3 is 2.68 bits per heavy atom. The Labute approximate surface area is 133 Å². The van der Waals surface area contributed by atoms with Crippen LogP contribution in [0.25, 0.3) is 0 Å². The number of fused-ring (bicyclic) bond motifs is 2. The number of likely N-dealkylation sites (N-methyl/N-ethyl adjacent to an activating group) is 1. The molecule has 2 aliphatic rings. The number of amides is 1. The molecule has 0 radical (unpaired) electrons. The minimum Gasteiger partial charge on any atom is -0.355 e. The van der Waals surface area contributed by atoms with Crippen LogP contribution in [0.1, 0.15) is 24.8 Å². The van der Waals surface area contributed by atoms with Crippen molar-refractivity contribution in [2.24, 2.45) is 23.5 Å². The van der Waals surface area contributed by atoms with Crippen LogP contribution in [0, 0.1) is 17.8 Å². The zero-order chi connectivity index (χ0) is 15.5. The Hall–Kier alpha value is -1.39. The van der Waals surface area contributed by atoms with E-state index in [1.807, 2.05) is 6.07 Å². The summed E-state index contributed by atoms with van der Waals surface area (Å²) in [6, 6.07) is 10.5. The summed E-state index contributed by atoms with van der Waals surface area (Å²) in [5.41, 5.74) is 7.53. The maximum absolute atomic E-state index is 12.4. The van der Waals surface area contributed by atoms with Crippen molar-refractivity contribution in [2.45, 2.75) is 31.8 Å². The first kappa shape index (κ1) is 15.5. The van der Waals surface area contributed by atoms with Gasteiger partial charge in [-0.2, -0.15) is 0 Å². The fraction of sp³-hybridized carbons (Fsp3) is 0.611. The van der Waals surface area contributed by atoms with Gasteiger partial charge in [-0.1, -0.05) is 30.3 Å². The normalized spacial score (nSPS) is 30.0. The van der Waals surface area contributed by atoms with Crippen molar-refractivity contribution in [2.75, 3.05) is 20.1 Å². The van der Waals surface area contributed by atoms with Gasteiger partial charge in [0, 0.05) is 25.7 Å². The summed E-state index contributed by atoms with van der Waals surface area (Å²) < 4.78 is 0. The quantitative estimate of drug-likeness (QED) is 0.839. The van der Waals surface area contributed by atoms with Crippen LogP contribution in [0.15, 0.2) is 30.3 Å². The molecule has 1 aromatic rings. The molecular formula is C18H27N3O. The van der Waals surface area contributed by atoms with Crippen LogP contribution in [0.4, 0.5) is 0 Å². The van der Waals surface area contributed by atoms with Gasteiger partial charge in [0.05, 0.1) is 5.92 Å². The third-order valence-corrected chi connectivity index (χ3v) is 5.37. The number of carbonyl (C=O) groups excluding carboxylic acids is 1. The molecule has 2 aliphatic carbocycles. The molecule has 1 amide bonds. The largest absolute Gasteiger partial charge is 0.355 e. The maximum Gasteiger partial charge on any atom is 0.225 e. The smallest absolute Gasteiger partial charge is 0.225 e. The van der Waals surface area contributed by atoms with Gasteiger partial charge in [0.2, 0.25) is 5.91 Å². The van der Waals surface area contributed by atoms with Crippen LogP contribution in [0.2, 0.25) is 0 Å². The second-order valence-corrected chi connectivity index (χ2v) is 6.95. The third kappa shape index (κ3) is 3.33. The van der Waals surface area contributed by atoms with Crippen LogP contribution in [-0.2, 0) is 11.3 Å². The number of nitrogens with zero attached hydrogens (tertiary/aromatic N) is 1. The molecule has 3 N–H and O–H groups in total. The summed E-state index contributed by atoms with van der Waals surface area (Å²) in [5.74, 6) is 1.34. The summed E-state index contributed by atoms with van der Waals surface area (Å²) in [6.07, 6.45) is 3.56. The Morgan fingerprint density at radius 1 is 1.27 bits per heavy atom. The minimum atomic E-state index is 0.0539. The molecule has 4 heteroatoms. The summed E-state index contributed by atoms with van der Waals surface area (Å²) in [5, 5.41) is 3.10. The van der Waals surface area contributed by atoms with E-state index in [0.29, 0.717) is 18.4 Å². The van der Waals surface area contributed by atoms with E-state index in [1.54, 1.807) is 0 Å². The lowest BCUT2D eigenvalue weighted by Gasteiger charge is -2.27. The van der Waals surface area contributed by atoms with Gasteiger partial charge in [0.1, 0.15) is 0 Å². The summed E-state index contributed by atoms with van der Waals surface area (Å²) >= 11 is 0. The van der Waals surface area contributed by atoms with Crippen molar-refractivity contribution >= 4 is 5.91 Å². The Balaban J connectivity index is 1.40. The molecule has 120 valence electrons. The van der Waals surface area contributed by atoms with Gasteiger partial charge in [-0.05, 0) is 43.7 Å². The molecule has 3 rings (SSSR count). The number of nitrogens with two attached hydrogens (primary N) is 1. The Kier molecular flexibility index (Phi) is 4.79. The second-order valence-electron chi connectivity index (χ2n) is 6.95. The summed E-state index contributed by atoms with van der Waals surface area (Å²) in [6.45, 7) is 2.46. The van der Waals surface area contributed by atoms with E-state index in [1.165, 1.54) is 18.4 Å². The number of carbonyl (C=O) groups is 1. The average molecular weight is 301 g/mol. The van der Waals surface area contributed by atoms with Crippen molar-refractivity contribution in [3.8, 4) is 0 Å². The molecule has 2 fully saturated rings. The molecule has 0 saturated heterocycles. The van der Waals surface area contributed by atoms with Gasteiger partial charge in [-0.15, -0.1) is 0 Å². The van der Waals surface area contributed by atoms with Crippen molar-refractivity contribution < 1.29 is 4.79 Å². The zero-order valence-corrected chi connectivity index (χ0v) is 13.4. The van der Waals surface area contributed by atoms with Crippen LogP contribution in [0.3, 0.4) is 0 Å². The predicted octanol–water partition coefficient (Wildman–Crippen LogP) is 1.61. The van der Waals surface area contributed by atoms with E-state index >= 15 is 0 Å². The van der Waals surface area contributed by atoms with Gasteiger partial charge in [-0.25, -0.2) is 0 Å². The number of nitrogens with one attached hydrogen (secondary N) is 1. The lowest BCUT2D eigenvalue weighted by molar-refractivity contribution is -0.127. The first-order valence-corrected chi connectivity index (χ1v) is 8.41. The molecule has 4 unspecified atom stereocenters. The highest BCUT2D eigenvalue weighted by atomic mass is 16.1. The van der Waals surface area contributed by atoms with E-state index in [4.69, 9.17) is 5.73 Å². The third-order valence-electron chi connectivity index (χ3n) is 5.37. The molecule has 4 nitrogen and oxygen atoms in total. The summed E-state index contributed by atoms with van der Waals surface area (Å²) in [4.78, 5) is 14.6. The van der Waals surface area contributed by atoms with Gasteiger partial charge in [-0.3, -0.25) is 4.79 Å². The molecule has 2 bridgehead atoms. The molecule has 0 spiro atoms. The van der Waals surface area contributed by atoms with E-state index in [-0.39, 0.29) is 17.9 Å². The van der Waals surface area contributed by atoms with Crippen molar-refractivity contribution in [1.29, 1.82) is 0 Å².